The van der Waals surface area contributed by atoms with Crippen molar-refractivity contribution in [3.63, 3.8) is 0 Å². The molecule has 32 heavy (non-hydrogen) atoms. The Balaban J connectivity index is 1.45. The van der Waals surface area contributed by atoms with E-state index in [9.17, 15) is 9.59 Å². The van der Waals surface area contributed by atoms with E-state index in [1.807, 2.05) is 12.1 Å². The van der Waals surface area contributed by atoms with Gasteiger partial charge in [0.05, 0.1) is 26.9 Å². The Morgan fingerprint density at radius 1 is 1.03 bits per heavy atom. The predicted molar refractivity (Wildman–Crippen MR) is 123 cm³/mol. The molecule has 0 saturated heterocycles. The van der Waals surface area contributed by atoms with Gasteiger partial charge in [-0.15, -0.1) is 0 Å². The molecule has 0 fully saturated rings. The molecule has 0 aliphatic carbocycles. The first-order valence-corrected chi connectivity index (χ1v) is 10.6. The average Bonchev–Trinajstić information content (AvgIpc) is 3.43. The molecular weight excluding hydrogens is 475 g/mol. The van der Waals surface area contributed by atoms with Crippen LogP contribution in [0, 0.1) is 0 Å². The molecule has 3 aromatic rings. The molecule has 1 aromatic heterocycles. The maximum absolute atomic E-state index is 13.1. The molecule has 160 valence electrons. The predicted octanol–water partition coefficient (Wildman–Crippen LogP) is 6.38. The number of hydrogen-bond acceptors (Lipinski definition) is 5. The smallest absolute Gasteiger partial charge is 0.338 e. The number of ether oxygens (including phenoxy) is 1. The highest BCUT2D eigenvalue weighted by atomic mass is 35.5. The second kappa shape index (κ2) is 7.81. The number of nitrogens with zero attached hydrogens (tertiary/aromatic N) is 2. The third-order valence-corrected chi connectivity index (χ3v) is 5.94. The number of rotatable bonds is 3. The van der Waals surface area contributed by atoms with E-state index in [1.165, 1.54) is 12.1 Å². The van der Waals surface area contributed by atoms with Gasteiger partial charge in [-0.25, -0.2) is 4.79 Å². The monoisotopic (exact) mass is 486 g/mol. The Morgan fingerprint density at radius 3 is 2.53 bits per heavy atom. The van der Waals surface area contributed by atoms with E-state index in [0.29, 0.717) is 33.4 Å². The first-order valence-electron chi connectivity index (χ1n) is 9.48. The van der Waals surface area contributed by atoms with Crippen LogP contribution in [-0.4, -0.2) is 17.6 Å². The number of hydrazone groups is 1. The summed E-state index contributed by atoms with van der Waals surface area (Å²) in [5.74, 6) is 0.266. The lowest BCUT2D eigenvalue weighted by Crippen LogP contribution is -2.22. The third-order valence-electron chi connectivity index (χ3n) is 5.14. The van der Waals surface area contributed by atoms with Gasteiger partial charge < -0.3 is 9.15 Å². The lowest BCUT2D eigenvalue weighted by molar-refractivity contribution is -0.114. The van der Waals surface area contributed by atoms with Gasteiger partial charge in [-0.05, 0) is 43.3 Å². The topological polar surface area (TPSA) is 72.1 Å². The third kappa shape index (κ3) is 3.50. The molecule has 2 aromatic carbocycles. The molecule has 2 aliphatic heterocycles. The number of amides is 1. The number of anilines is 1. The number of halogens is 3. The standard InChI is InChI=1S/C23H13Cl3N2O4/c1-11-16(22(29)28(27-11)21-18(25)7-14(24)8-19(21)26)9-15-4-5-20(32-15)12-2-3-13-10-31-23(30)17(13)6-12/h2-9H,10H2,1H3/b16-9+. The van der Waals surface area contributed by atoms with Crippen molar-refractivity contribution in [1.82, 2.24) is 0 Å². The molecule has 0 radical (unpaired) electrons. The molecule has 2 aliphatic rings. The van der Waals surface area contributed by atoms with Crippen LogP contribution in [0.25, 0.3) is 17.4 Å². The Kier molecular flexibility index (Phi) is 5.08. The maximum atomic E-state index is 13.1. The zero-order valence-corrected chi connectivity index (χ0v) is 18.8. The van der Waals surface area contributed by atoms with Crippen LogP contribution in [0.1, 0.15) is 28.6 Å². The number of carbonyl (C=O) groups is 2. The van der Waals surface area contributed by atoms with Crippen LogP contribution in [0.4, 0.5) is 5.69 Å². The zero-order valence-electron chi connectivity index (χ0n) is 16.5. The lowest BCUT2D eigenvalue weighted by Gasteiger charge is -2.15. The van der Waals surface area contributed by atoms with Gasteiger partial charge in [0.1, 0.15) is 23.8 Å². The summed E-state index contributed by atoms with van der Waals surface area (Å²) in [4.78, 5) is 24.9. The van der Waals surface area contributed by atoms with Crippen molar-refractivity contribution in [3.8, 4) is 11.3 Å². The molecule has 0 bridgehead atoms. The highest BCUT2D eigenvalue weighted by molar-refractivity contribution is 6.44. The van der Waals surface area contributed by atoms with Crippen LogP contribution in [0.3, 0.4) is 0 Å². The fourth-order valence-electron chi connectivity index (χ4n) is 3.57. The number of furan rings is 1. The maximum Gasteiger partial charge on any atom is 0.338 e. The molecule has 0 atom stereocenters. The Hall–Kier alpha value is -3.06. The van der Waals surface area contributed by atoms with Crippen molar-refractivity contribution in [1.29, 1.82) is 0 Å². The summed E-state index contributed by atoms with van der Waals surface area (Å²) in [6, 6.07) is 11.9. The first-order chi connectivity index (χ1) is 15.3. The molecule has 0 N–H and O–H groups in total. The fraction of sp³-hybridized carbons (Fsp3) is 0.0870. The first kappa shape index (κ1) is 20.8. The zero-order chi connectivity index (χ0) is 22.6. The number of carbonyl (C=O) groups excluding carboxylic acids is 2. The van der Waals surface area contributed by atoms with Gasteiger partial charge in [-0.2, -0.15) is 10.1 Å². The fourth-order valence-corrected chi connectivity index (χ4v) is 4.54. The molecule has 5 rings (SSSR count). The van der Waals surface area contributed by atoms with Gasteiger partial charge in [-0.1, -0.05) is 46.9 Å². The average molecular weight is 488 g/mol. The number of fused-ring (bicyclic) bond motifs is 1. The minimum atomic E-state index is -0.396. The Bertz CT molecular complexity index is 1350. The van der Waals surface area contributed by atoms with Crippen molar-refractivity contribution in [2.45, 2.75) is 13.5 Å². The molecule has 3 heterocycles. The second-order valence-corrected chi connectivity index (χ2v) is 8.48. The summed E-state index contributed by atoms with van der Waals surface area (Å²) in [5.41, 5.74) is 3.18. The minimum Gasteiger partial charge on any atom is -0.457 e. The van der Waals surface area contributed by atoms with Crippen molar-refractivity contribution in [2.75, 3.05) is 5.01 Å². The second-order valence-electron chi connectivity index (χ2n) is 7.23. The molecule has 0 spiro atoms. The van der Waals surface area contributed by atoms with Gasteiger partial charge in [0, 0.05) is 16.1 Å². The largest absolute Gasteiger partial charge is 0.457 e. The van der Waals surface area contributed by atoms with E-state index in [4.69, 9.17) is 44.0 Å². The van der Waals surface area contributed by atoms with E-state index in [1.54, 1.807) is 31.2 Å². The van der Waals surface area contributed by atoms with Crippen LogP contribution in [0.15, 0.2) is 57.6 Å². The lowest BCUT2D eigenvalue weighted by atomic mass is 10.0. The molecule has 0 unspecified atom stereocenters. The van der Waals surface area contributed by atoms with E-state index in [0.717, 1.165) is 16.1 Å². The Labute approximate surface area is 197 Å². The molecular formula is C23H13Cl3N2O4. The van der Waals surface area contributed by atoms with E-state index < -0.39 is 5.91 Å². The number of hydrogen-bond donors (Lipinski definition) is 0. The summed E-state index contributed by atoms with van der Waals surface area (Å²) < 4.78 is 10.9. The van der Waals surface area contributed by atoms with Gasteiger partial charge in [0.25, 0.3) is 5.91 Å². The van der Waals surface area contributed by atoms with E-state index >= 15 is 0 Å². The van der Waals surface area contributed by atoms with Crippen LogP contribution < -0.4 is 5.01 Å². The van der Waals surface area contributed by atoms with Crippen molar-refractivity contribution >= 4 is 64.2 Å². The number of cyclic esters (lactones) is 1. The number of esters is 1. The summed E-state index contributed by atoms with van der Waals surface area (Å²) >= 11 is 18.5. The molecule has 1 amide bonds. The molecule has 9 heteroatoms. The summed E-state index contributed by atoms with van der Waals surface area (Å²) in [7, 11) is 0. The molecule has 0 saturated carbocycles. The highest BCUT2D eigenvalue weighted by Crippen LogP contribution is 2.39. The summed E-state index contributed by atoms with van der Waals surface area (Å²) in [6.07, 6.45) is 1.60. The van der Waals surface area contributed by atoms with Crippen molar-refractivity contribution in [3.05, 3.63) is 80.0 Å². The SMILES string of the molecule is CC1=NN(c2c(Cl)cc(Cl)cc2Cl)C(=O)/C1=C/c1ccc(-c2ccc3c(c2)C(=O)OC3)o1. The minimum absolute atomic E-state index is 0.212. The highest BCUT2D eigenvalue weighted by Gasteiger charge is 2.32. The van der Waals surface area contributed by atoms with Crippen LogP contribution in [0.5, 0.6) is 0 Å². The van der Waals surface area contributed by atoms with E-state index in [-0.39, 0.29) is 28.3 Å². The Morgan fingerprint density at radius 2 is 1.78 bits per heavy atom. The van der Waals surface area contributed by atoms with Crippen LogP contribution in [0.2, 0.25) is 15.1 Å². The van der Waals surface area contributed by atoms with Crippen molar-refractivity contribution < 1.29 is 18.7 Å². The summed E-state index contributed by atoms with van der Waals surface area (Å²) in [5, 5.41) is 6.24. The van der Waals surface area contributed by atoms with Gasteiger partial charge >= 0.3 is 5.97 Å². The van der Waals surface area contributed by atoms with Gasteiger partial charge in [-0.3, -0.25) is 4.79 Å². The van der Waals surface area contributed by atoms with Gasteiger partial charge in [0.2, 0.25) is 0 Å². The van der Waals surface area contributed by atoms with Crippen LogP contribution >= 0.6 is 34.8 Å². The van der Waals surface area contributed by atoms with Crippen molar-refractivity contribution in [2.24, 2.45) is 5.10 Å². The molecule has 6 nitrogen and oxygen atoms in total. The normalized spacial score (nSPS) is 16.6. The van der Waals surface area contributed by atoms with E-state index in [2.05, 4.69) is 5.10 Å². The quantitative estimate of drug-likeness (QED) is 0.317. The van der Waals surface area contributed by atoms with Gasteiger partial charge in [0.15, 0.2) is 0 Å². The summed E-state index contributed by atoms with van der Waals surface area (Å²) in [6.45, 7) is 1.99. The number of benzene rings is 2. The van der Waals surface area contributed by atoms with Crippen LogP contribution in [-0.2, 0) is 16.1 Å².